The van der Waals surface area contributed by atoms with Crippen molar-refractivity contribution in [2.75, 3.05) is 13.2 Å². The van der Waals surface area contributed by atoms with Gasteiger partial charge in [0.15, 0.2) is 0 Å². The molecule has 0 unspecified atom stereocenters. The van der Waals surface area contributed by atoms with E-state index in [-0.39, 0.29) is 12.5 Å². The minimum Gasteiger partial charge on any atom is -0.464 e. The summed E-state index contributed by atoms with van der Waals surface area (Å²) in [4.78, 5) is 39.4. The maximum atomic E-state index is 13.2. The molecule has 1 heterocycles. The van der Waals surface area contributed by atoms with Crippen LogP contribution in [0.4, 0.5) is 0 Å². The van der Waals surface area contributed by atoms with E-state index in [1.165, 1.54) is 5.56 Å². The molecule has 2 aromatic rings. The van der Waals surface area contributed by atoms with Crippen molar-refractivity contribution >= 4 is 11.9 Å². The number of nitrogens with zero attached hydrogens (tertiary/aromatic N) is 3. The summed E-state index contributed by atoms with van der Waals surface area (Å²) in [5, 5.41) is 4.17. The van der Waals surface area contributed by atoms with E-state index < -0.39 is 18.1 Å². The van der Waals surface area contributed by atoms with Gasteiger partial charge in [0.05, 0.1) is 11.9 Å². The van der Waals surface area contributed by atoms with Gasteiger partial charge in [-0.2, -0.15) is 0 Å². The zero-order valence-corrected chi connectivity index (χ0v) is 18.1. The van der Waals surface area contributed by atoms with E-state index in [1.807, 2.05) is 48.5 Å². The third kappa shape index (κ3) is 5.48. The van der Waals surface area contributed by atoms with Crippen molar-refractivity contribution in [3.05, 3.63) is 76.2 Å². The number of carbonyl (C=O) groups excluding carboxylic acids is 2. The first-order valence-electron chi connectivity index (χ1n) is 10.7. The highest BCUT2D eigenvalue weighted by atomic mass is 16.5. The van der Waals surface area contributed by atoms with Crippen molar-refractivity contribution in [3.8, 4) is 0 Å². The van der Waals surface area contributed by atoms with Crippen LogP contribution in [-0.2, 0) is 33.7 Å². The molecule has 7 nitrogen and oxygen atoms in total. The van der Waals surface area contributed by atoms with Gasteiger partial charge in [-0.1, -0.05) is 54.6 Å². The second kappa shape index (κ2) is 10.7. The summed E-state index contributed by atoms with van der Waals surface area (Å²) >= 11 is 0. The first kappa shape index (κ1) is 22.5. The molecule has 1 amide bonds. The zero-order chi connectivity index (χ0) is 22.2. The normalized spacial score (nSPS) is 14.8. The Bertz CT molecular complexity index is 903. The Morgan fingerprint density at radius 3 is 2.45 bits per heavy atom. The fourth-order valence-electron chi connectivity index (χ4n) is 4.00. The smallest absolute Gasteiger partial charge is 0.330 e. The zero-order valence-electron chi connectivity index (χ0n) is 18.1. The number of hydrogen-bond donors (Lipinski definition) is 0. The second-order valence-corrected chi connectivity index (χ2v) is 7.71. The molecule has 164 valence electrons. The highest BCUT2D eigenvalue weighted by Gasteiger charge is 2.36. The van der Waals surface area contributed by atoms with E-state index in [0.29, 0.717) is 25.9 Å². The molecule has 0 radical (unpaired) electrons. The molecular formula is C24H29N3O4. The van der Waals surface area contributed by atoms with Crippen molar-refractivity contribution in [3.63, 3.8) is 0 Å². The predicted octanol–water partition coefficient (Wildman–Crippen LogP) is 3.51. The van der Waals surface area contributed by atoms with Crippen LogP contribution >= 0.6 is 0 Å². The molecule has 3 rings (SSSR count). The van der Waals surface area contributed by atoms with E-state index in [9.17, 15) is 14.5 Å². The molecule has 0 aliphatic carbocycles. The van der Waals surface area contributed by atoms with Gasteiger partial charge in [-0.3, -0.25) is 4.79 Å². The summed E-state index contributed by atoms with van der Waals surface area (Å²) in [6.07, 6.45) is 1.65. The number of ether oxygens (including phenoxy) is 1. The van der Waals surface area contributed by atoms with Gasteiger partial charge in [0.1, 0.15) is 12.1 Å². The molecule has 0 fully saturated rings. The van der Waals surface area contributed by atoms with Crippen LogP contribution in [0.3, 0.4) is 0 Å². The van der Waals surface area contributed by atoms with Crippen molar-refractivity contribution in [2.45, 2.75) is 51.7 Å². The summed E-state index contributed by atoms with van der Waals surface area (Å²) < 4.78 is 5.19. The number of benzene rings is 2. The SMILES string of the molecule is CCOC(=O)[C@H](CCc1ccccc1)N(N=O)[C@@H](C)C(=O)N1CCc2ccccc2C1. The summed E-state index contributed by atoms with van der Waals surface area (Å²) in [6, 6.07) is 15.9. The summed E-state index contributed by atoms with van der Waals surface area (Å²) in [7, 11) is 0. The lowest BCUT2D eigenvalue weighted by Gasteiger charge is -2.35. The number of carbonyl (C=O) groups is 2. The quantitative estimate of drug-likeness (QED) is 0.350. The molecule has 0 bridgehead atoms. The van der Waals surface area contributed by atoms with Crippen LogP contribution in [-0.4, -0.2) is 47.0 Å². The first-order valence-corrected chi connectivity index (χ1v) is 10.7. The molecule has 0 saturated carbocycles. The minimum atomic E-state index is -0.923. The molecule has 0 aromatic heterocycles. The van der Waals surface area contributed by atoms with Crippen LogP contribution in [0.2, 0.25) is 0 Å². The van der Waals surface area contributed by atoms with Gasteiger partial charge >= 0.3 is 5.97 Å². The van der Waals surface area contributed by atoms with Gasteiger partial charge in [-0.25, -0.2) is 9.80 Å². The standard InChI is InChI=1S/C24H29N3O4/c1-3-31-24(29)22(14-13-19-9-5-4-6-10-19)27(25-30)18(2)23(28)26-16-15-20-11-7-8-12-21(20)17-26/h4-12,18,22H,3,13-17H2,1-2H3/t18-,22-/m0/s1. The van der Waals surface area contributed by atoms with Gasteiger partial charge in [-0.15, -0.1) is 4.91 Å². The van der Waals surface area contributed by atoms with Crippen molar-refractivity contribution in [2.24, 2.45) is 5.29 Å². The van der Waals surface area contributed by atoms with Crippen LogP contribution in [0.1, 0.15) is 37.0 Å². The van der Waals surface area contributed by atoms with Gasteiger partial charge in [0.2, 0.25) is 5.91 Å². The fraction of sp³-hybridized carbons (Fsp3) is 0.417. The molecule has 0 N–H and O–H groups in total. The van der Waals surface area contributed by atoms with E-state index in [1.54, 1.807) is 18.7 Å². The Labute approximate surface area is 182 Å². The number of hydrogen-bond acceptors (Lipinski definition) is 5. The predicted molar refractivity (Wildman–Crippen MR) is 118 cm³/mol. The van der Waals surface area contributed by atoms with E-state index in [4.69, 9.17) is 4.74 Å². The molecule has 31 heavy (non-hydrogen) atoms. The third-order valence-corrected chi connectivity index (χ3v) is 5.72. The van der Waals surface area contributed by atoms with Crippen molar-refractivity contribution < 1.29 is 14.3 Å². The number of rotatable bonds is 9. The molecule has 1 aliphatic heterocycles. The number of nitroso groups, excluding NO2 is 1. The molecule has 0 spiro atoms. The second-order valence-electron chi connectivity index (χ2n) is 7.71. The monoisotopic (exact) mass is 423 g/mol. The number of fused-ring (bicyclic) bond motifs is 1. The minimum absolute atomic E-state index is 0.193. The lowest BCUT2D eigenvalue weighted by Crippen LogP contribution is -2.52. The Kier molecular flexibility index (Phi) is 7.76. The van der Waals surface area contributed by atoms with E-state index in [0.717, 1.165) is 22.6 Å². The van der Waals surface area contributed by atoms with E-state index in [2.05, 4.69) is 11.4 Å². The van der Waals surface area contributed by atoms with Crippen LogP contribution in [0.25, 0.3) is 0 Å². The molecule has 7 heteroatoms. The molecule has 1 aliphatic rings. The van der Waals surface area contributed by atoms with Gasteiger partial charge < -0.3 is 9.64 Å². The maximum Gasteiger partial charge on any atom is 0.330 e. The molecule has 0 saturated heterocycles. The number of aryl methyl sites for hydroxylation is 1. The highest BCUT2D eigenvalue weighted by Crippen LogP contribution is 2.22. The Balaban J connectivity index is 1.74. The van der Waals surface area contributed by atoms with Gasteiger partial charge in [0.25, 0.3) is 0 Å². The van der Waals surface area contributed by atoms with E-state index >= 15 is 0 Å². The lowest BCUT2D eigenvalue weighted by atomic mass is 9.99. The Morgan fingerprint density at radius 2 is 1.77 bits per heavy atom. The number of amides is 1. The van der Waals surface area contributed by atoms with Gasteiger partial charge in [0, 0.05) is 13.1 Å². The Hall–Kier alpha value is -3.22. The maximum absolute atomic E-state index is 13.2. The van der Waals surface area contributed by atoms with Crippen LogP contribution in [0.15, 0.2) is 59.9 Å². The molecular weight excluding hydrogens is 394 g/mol. The average Bonchev–Trinajstić information content (AvgIpc) is 2.81. The topological polar surface area (TPSA) is 79.3 Å². The third-order valence-electron chi connectivity index (χ3n) is 5.72. The van der Waals surface area contributed by atoms with Crippen molar-refractivity contribution in [1.82, 2.24) is 9.91 Å². The molecule has 2 aromatic carbocycles. The first-order chi connectivity index (χ1) is 15.0. The van der Waals surface area contributed by atoms with Gasteiger partial charge in [-0.05, 0) is 49.8 Å². The number of esters is 1. The van der Waals surface area contributed by atoms with Crippen LogP contribution in [0.5, 0.6) is 0 Å². The van der Waals surface area contributed by atoms with Crippen molar-refractivity contribution in [1.29, 1.82) is 0 Å². The lowest BCUT2D eigenvalue weighted by molar-refractivity contribution is -0.153. The summed E-state index contributed by atoms with van der Waals surface area (Å²) in [6.45, 7) is 4.59. The van der Waals surface area contributed by atoms with Crippen LogP contribution < -0.4 is 0 Å². The fourth-order valence-corrected chi connectivity index (χ4v) is 4.00. The highest BCUT2D eigenvalue weighted by molar-refractivity contribution is 5.83. The Morgan fingerprint density at radius 1 is 1.10 bits per heavy atom. The molecule has 2 atom stereocenters. The summed E-state index contributed by atoms with van der Waals surface area (Å²) in [5.74, 6) is -0.759. The largest absolute Gasteiger partial charge is 0.464 e. The summed E-state index contributed by atoms with van der Waals surface area (Å²) in [5.41, 5.74) is 3.37. The van der Waals surface area contributed by atoms with Crippen LogP contribution in [0, 0.1) is 4.91 Å². The average molecular weight is 424 g/mol.